The van der Waals surface area contributed by atoms with Crippen molar-refractivity contribution < 1.29 is 28.5 Å². The predicted octanol–water partition coefficient (Wildman–Crippen LogP) is 3.96. The second kappa shape index (κ2) is 8.06. The number of carbonyl (C=O) groups excluding carboxylic acids is 2. The fourth-order valence-electron chi connectivity index (χ4n) is 5.89. The topological polar surface area (TPSA) is 109 Å². The Morgan fingerprint density at radius 3 is 2.65 bits per heavy atom. The highest BCUT2D eigenvalue weighted by Gasteiger charge is 2.48. The molecular formula is C28H23N3O6. The van der Waals surface area contributed by atoms with Crippen LogP contribution >= 0.6 is 0 Å². The number of nitrogens with zero attached hydrogens (tertiary/aromatic N) is 2. The van der Waals surface area contributed by atoms with Crippen LogP contribution in [-0.2, 0) is 20.7 Å². The van der Waals surface area contributed by atoms with E-state index in [0.29, 0.717) is 45.9 Å². The Kier molecular flexibility index (Phi) is 4.76. The van der Waals surface area contributed by atoms with Gasteiger partial charge in [-0.3, -0.25) is 9.59 Å². The lowest BCUT2D eigenvalue weighted by atomic mass is 9.67. The summed E-state index contributed by atoms with van der Waals surface area (Å²) in [4.78, 5) is 34.2. The van der Waals surface area contributed by atoms with Crippen LogP contribution < -0.4 is 19.5 Å². The Morgan fingerprint density at radius 1 is 1.00 bits per heavy atom. The molecule has 2 aliphatic heterocycles. The molecule has 0 bridgehead atoms. The van der Waals surface area contributed by atoms with Crippen molar-refractivity contribution in [2.24, 2.45) is 11.8 Å². The molecule has 7 rings (SSSR count). The molecule has 3 atom stereocenters. The van der Waals surface area contributed by atoms with Crippen LogP contribution in [0.5, 0.6) is 17.2 Å². The molecule has 1 aliphatic carbocycles. The van der Waals surface area contributed by atoms with E-state index in [9.17, 15) is 9.59 Å². The summed E-state index contributed by atoms with van der Waals surface area (Å²) in [7, 11) is 1.60. The fourth-order valence-corrected chi connectivity index (χ4v) is 5.89. The summed E-state index contributed by atoms with van der Waals surface area (Å²) in [5.74, 6) is 1.10. The molecule has 3 heterocycles. The average molecular weight is 498 g/mol. The second-order valence-electron chi connectivity index (χ2n) is 9.70. The van der Waals surface area contributed by atoms with Crippen molar-refractivity contribution in [2.75, 3.05) is 25.8 Å². The molecule has 3 aromatic carbocycles. The van der Waals surface area contributed by atoms with Crippen LogP contribution in [0.1, 0.15) is 29.5 Å². The van der Waals surface area contributed by atoms with Crippen molar-refractivity contribution >= 4 is 39.6 Å². The lowest BCUT2D eigenvalue weighted by Crippen LogP contribution is -2.31. The minimum absolute atomic E-state index is 0.0648. The highest BCUT2D eigenvalue weighted by atomic mass is 16.7. The average Bonchev–Trinajstić information content (AvgIpc) is 3.49. The van der Waals surface area contributed by atoms with Crippen LogP contribution in [0, 0.1) is 11.8 Å². The molecule has 9 nitrogen and oxygen atoms in total. The van der Waals surface area contributed by atoms with E-state index >= 15 is 0 Å². The lowest BCUT2D eigenvalue weighted by molar-refractivity contribution is -0.141. The maximum atomic E-state index is 13.0. The number of hydrogen-bond acceptors (Lipinski definition) is 8. The molecule has 9 heteroatoms. The van der Waals surface area contributed by atoms with Gasteiger partial charge in [-0.25, -0.2) is 9.97 Å². The predicted molar refractivity (Wildman–Crippen MR) is 134 cm³/mol. The Bertz CT molecular complexity index is 1630. The van der Waals surface area contributed by atoms with Crippen molar-refractivity contribution in [1.82, 2.24) is 9.97 Å². The van der Waals surface area contributed by atoms with Gasteiger partial charge < -0.3 is 24.3 Å². The van der Waals surface area contributed by atoms with Crippen LogP contribution in [0.3, 0.4) is 0 Å². The molecule has 37 heavy (non-hydrogen) atoms. The molecule has 3 aliphatic rings. The maximum Gasteiger partial charge on any atom is 0.310 e. The van der Waals surface area contributed by atoms with Gasteiger partial charge in [0.25, 0.3) is 0 Å². The molecule has 1 aromatic heterocycles. The number of carbonyl (C=O) groups is 2. The molecule has 0 unspecified atom stereocenters. The van der Waals surface area contributed by atoms with Crippen LogP contribution in [0.2, 0.25) is 0 Å². The zero-order chi connectivity index (χ0) is 25.3. The number of rotatable bonds is 3. The first kappa shape index (κ1) is 21.8. The number of aromatic nitrogens is 2. The van der Waals surface area contributed by atoms with Gasteiger partial charge >= 0.3 is 5.97 Å². The Hall–Kier alpha value is -4.40. The van der Waals surface area contributed by atoms with E-state index < -0.39 is 0 Å². The number of benzene rings is 3. The molecule has 1 fully saturated rings. The van der Waals surface area contributed by atoms with Gasteiger partial charge in [-0.05, 0) is 65.6 Å². The van der Waals surface area contributed by atoms with Crippen molar-refractivity contribution in [3.05, 3.63) is 59.2 Å². The summed E-state index contributed by atoms with van der Waals surface area (Å²) >= 11 is 0. The molecule has 4 aromatic rings. The number of ether oxygens (including phenoxy) is 4. The third-order valence-corrected chi connectivity index (χ3v) is 7.46. The van der Waals surface area contributed by atoms with Crippen molar-refractivity contribution in [2.45, 2.75) is 19.3 Å². The van der Waals surface area contributed by atoms with E-state index in [2.05, 4.69) is 5.32 Å². The summed E-state index contributed by atoms with van der Waals surface area (Å²) in [6.45, 7) is 2.04. The van der Waals surface area contributed by atoms with E-state index in [1.165, 1.54) is 6.92 Å². The maximum absolute atomic E-state index is 13.0. The minimum atomic E-state index is -0.324. The van der Waals surface area contributed by atoms with Crippen LogP contribution in [0.4, 0.5) is 5.69 Å². The molecule has 0 radical (unpaired) electrons. The third-order valence-electron chi connectivity index (χ3n) is 7.46. The van der Waals surface area contributed by atoms with Crippen LogP contribution in [-0.4, -0.2) is 42.4 Å². The molecule has 186 valence electrons. The van der Waals surface area contributed by atoms with Gasteiger partial charge in [0.2, 0.25) is 12.7 Å². The molecule has 1 saturated heterocycles. The zero-order valence-electron chi connectivity index (χ0n) is 20.2. The lowest BCUT2D eigenvalue weighted by Gasteiger charge is -2.33. The molecule has 0 spiro atoms. The molecular weight excluding hydrogens is 474 g/mol. The van der Waals surface area contributed by atoms with E-state index in [1.54, 1.807) is 19.2 Å². The van der Waals surface area contributed by atoms with Gasteiger partial charge in [-0.15, -0.1) is 0 Å². The number of anilines is 1. The summed E-state index contributed by atoms with van der Waals surface area (Å²) in [6, 6.07) is 13.3. The summed E-state index contributed by atoms with van der Waals surface area (Å²) in [5, 5.41) is 2.79. The largest absolute Gasteiger partial charge is 0.494 e. The third kappa shape index (κ3) is 3.45. The first-order valence-electron chi connectivity index (χ1n) is 12.1. The number of nitrogens with one attached hydrogen (secondary N) is 1. The smallest absolute Gasteiger partial charge is 0.310 e. The zero-order valence-corrected chi connectivity index (χ0v) is 20.2. The Morgan fingerprint density at radius 2 is 1.84 bits per heavy atom. The summed E-state index contributed by atoms with van der Waals surface area (Å²) < 4.78 is 22.6. The standard InChI is InChI=1S/C28H23N3O6/c1-13(32)29-17-3-4-19-20(9-17)30-21-6-15(8-24(34-2)27(21)31-19)25-18-10-23-22(36-12-37-23)7-14(18)5-16-11-35-28(33)26(16)25/h3-4,6-10,16,25-26H,5,11-12H2,1-2H3,(H,29,32)/t16-,25+,26-/m0/s1. The normalized spacial score (nSPS) is 21.5. The second-order valence-corrected chi connectivity index (χ2v) is 9.70. The number of cyclic esters (lactones) is 1. The highest BCUT2D eigenvalue weighted by molar-refractivity contribution is 5.94. The number of methoxy groups -OCH3 is 1. The Labute approximate surface area is 211 Å². The molecule has 1 amide bonds. The van der Waals surface area contributed by atoms with Crippen molar-refractivity contribution in [3.8, 4) is 17.2 Å². The van der Waals surface area contributed by atoms with Crippen molar-refractivity contribution in [1.29, 1.82) is 0 Å². The first-order valence-corrected chi connectivity index (χ1v) is 12.1. The number of fused-ring (bicyclic) bond motifs is 5. The summed E-state index contributed by atoms with van der Waals surface area (Å²) in [6.07, 6.45) is 0.736. The van der Waals surface area contributed by atoms with Gasteiger partial charge in [0.05, 0.1) is 36.2 Å². The van der Waals surface area contributed by atoms with Crippen LogP contribution in [0.15, 0.2) is 42.5 Å². The summed E-state index contributed by atoms with van der Waals surface area (Å²) in [5.41, 5.74) is 6.27. The molecule has 1 N–H and O–H groups in total. The van der Waals surface area contributed by atoms with Gasteiger partial charge in [-0.2, -0.15) is 0 Å². The van der Waals surface area contributed by atoms with E-state index in [-0.39, 0.29) is 36.4 Å². The van der Waals surface area contributed by atoms with Gasteiger partial charge in [-0.1, -0.05) is 0 Å². The Balaban J connectivity index is 1.43. The van der Waals surface area contributed by atoms with Crippen LogP contribution in [0.25, 0.3) is 22.1 Å². The fraction of sp³-hybridized carbons (Fsp3) is 0.286. The number of hydrogen-bond donors (Lipinski definition) is 1. The molecule has 0 saturated carbocycles. The minimum Gasteiger partial charge on any atom is -0.494 e. The van der Waals surface area contributed by atoms with Gasteiger partial charge in [0.15, 0.2) is 11.5 Å². The van der Waals surface area contributed by atoms with E-state index in [4.69, 9.17) is 28.9 Å². The monoisotopic (exact) mass is 497 g/mol. The SMILES string of the molecule is COc1cc([C@@H]2c3cc4c(cc3C[C@H]3COC(=O)[C@@H]32)OCO4)cc2nc3cc(NC(C)=O)ccc3nc12. The van der Waals surface area contributed by atoms with Gasteiger partial charge in [0, 0.05) is 24.4 Å². The first-order chi connectivity index (χ1) is 18.0. The number of esters is 1. The van der Waals surface area contributed by atoms with Gasteiger partial charge in [0.1, 0.15) is 11.3 Å². The highest BCUT2D eigenvalue weighted by Crippen LogP contribution is 2.51. The van der Waals surface area contributed by atoms with E-state index in [0.717, 1.165) is 28.9 Å². The van der Waals surface area contributed by atoms with E-state index in [1.807, 2.05) is 30.3 Å². The number of amides is 1. The quantitative estimate of drug-likeness (QED) is 0.335. The van der Waals surface area contributed by atoms with Crippen molar-refractivity contribution in [3.63, 3.8) is 0 Å².